The molecule has 1 heterocycles. The van der Waals surface area contributed by atoms with Gasteiger partial charge in [-0.25, -0.2) is 12.8 Å². The minimum Gasteiger partial charge on any atom is -0.469 e. The number of sulfonamides is 1. The number of nitrogens with zero attached hydrogens (tertiary/aromatic N) is 2. The van der Waals surface area contributed by atoms with Crippen LogP contribution in [0.25, 0.3) is 0 Å². The quantitative estimate of drug-likeness (QED) is 0.431. The fourth-order valence-electron chi connectivity index (χ4n) is 2.57. The van der Waals surface area contributed by atoms with E-state index >= 15 is 0 Å². The lowest BCUT2D eigenvalue weighted by molar-refractivity contribution is -0.140. The number of rotatable bonds is 6. The van der Waals surface area contributed by atoms with E-state index in [1.165, 1.54) is 29.6 Å². The topological polar surface area (TPSA) is 79.0 Å². The highest BCUT2D eigenvalue weighted by Gasteiger charge is 2.30. The summed E-state index contributed by atoms with van der Waals surface area (Å²) in [6.07, 6.45) is 0.898. The molecule has 1 aliphatic heterocycles. The number of esters is 1. The van der Waals surface area contributed by atoms with E-state index in [1.54, 1.807) is 0 Å². The highest BCUT2D eigenvalue weighted by molar-refractivity contribution is 7.89. The van der Waals surface area contributed by atoms with Gasteiger partial charge in [-0.3, -0.25) is 4.79 Å². The van der Waals surface area contributed by atoms with Gasteiger partial charge in [0.15, 0.2) is 5.11 Å². The largest absolute Gasteiger partial charge is 0.469 e. The van der Waals surface area contributed by atoms with E-state index in [0.29, 0.717) is 37.6 Å². The first-order valence-electron chi connectivity index (χ1n) is 8.20. The summed E-state index contributed by atoms with van der Waals surface area (Å²) in [6.45, 7) is 1.80. The van der Waals surface area contributed by atoms with E-state index in [9.17, 15) is 17.6 Å². The van der Waals surface area contributed by atoms with Gasteiger partial charge in [0.1, 0.15) is 10.7 Å². The number of carbonyl (C=O) groups is 1. The third-order valence-electron chi connectivity index (χ3n) is 4.04. The number of ether oxygens (including phenoxy) is 1. The second-order valence-corrected chi connectivity index (χ2v) is 8.03. The molecule has 1 saturated heterocycles. The average molecular weight is 404 g/mol. The van der Waals surface area contributed by atoms with E-state index in [4.69, 9.17) is 12.2 Å². The molecule has 10 heteroatoms. The van der Waals surface area contributed by atoms with Crippen LogP contribution in [0.3, 0.4) is 0 Å². The summed E-state index contributed by atoms with van der Waals surface area (Å²) in [7, 11) is -2.52. The van der Waals surface area contributed by atoms with Crippen LogP contribution in [0.5, 0.6) is 0 Å². The number of carbonyl (C=O) groups excluding carboxylic acids is 1. The number of nitrogens with one attached hydrogen (secondary N) is 1. The summed E-state index contributed by atoms with van der Waals surface area (Å²) >= 11 is 5.30. The lowest BCUT2D eigenvalue weighted by Gasteiger charge is -2.35. The molecule has 7 nitrogen and oxygen atoms in total. The highest BCUT2D eigenvalue weighted by Crippen LogP contribution is 2.20. The van der Waals surface area contributed by atoms with E-state index in [1.807, 2.05) is 4.90 Å². The summed E-state index contributed by atoms with van der Waals surface area (Å²) in [5, 5.41) is 3.56. The molecule has 144 valence electrons. The van der Waals surface area contributed by atoms with Crippen LogP contribution in [0.1, 0.15) is 12.8 Å². The zero-order valence-electron chi connectivity index (χ0n) is 14.5. The minimum absolute atomic E-state index is 0.223. The number of methoxy groups -OCH3 is 1. The monoisotopic (exact) mass is 403 g/mol. The summed E-state index contributed by atoms with van der Waals surface area (Å²) in [5.41, 5.74) is 0. The number of piperazine rings is 1. The molecule has 2 rings (SSSR count). The zero-order valence-corrected chi connectivity index (χ0v) is 16.1. The van der Waals surface area contributed by atoms with Crippen LogP contribution in [0, 0.1) is 5.82 Å². The molecule has 0 amide bonds. The maximum Gasteiger partial charge on any atom is 0.305 e. The van der Waals surface area contributed by atoms with Crippen LogP contribution >= 0.6 is 12.2 Å². The lowest BCUT2D eigenvalue weighted by atomic mass is 10.3. The third kappa shape index (κ3) is 5.12. The van der Waals surface area contributed by atoms with Crippen molar-refractivity contribution in [2.24, 2.45) is 0 Å². The van der Waals surface area contributed by atoms with Crippen molar-refractivity contribution in [3.8, 4) is 0 Å². The van der Waals surface area contributed by atoms with Crippen molar-refractivity contribution < 1.29 is 22.3 Å². The molecule has 1 N–H and O–H groups in total. The second kappa shape index (κ2) is 9.24. The Hall–Kier alpha value is -1.78. The van der Waals surface area contributed by atoms with Gasteiger partial charge in [0.25, 0.3) is 0 Å². The Morgan fingerprint density at radius 1 is 1.27 bits per heavy atom. The van der Waals surface area contributed by atoms with E-state index in [-0.39, 0.29) is 24.0 Å². The molecule has 0 saturated carbocycles. The molecule has 0 atom stereocenters. The third-order valence-corrected chi connectivity index (χ3v) is 6.38. The Kier molecular flexibility index (Phi) is 7.30. The number of benzene rings is 1. The summed E-state index contributed by atoms with van der Waals surface area (Å²) in [6, 6.07) is 5.36. The van der Waals surface area contributed by atoms with Crippen molar-refractivity contribution in [1.82, 2.24) is 14.5 Å². The molecule has 1 aliphatic rings. The van der Waals surface area contributed by atoms with Gasteiger partial charge < -0.3 is 15.0 Å². The molecule has 0 aliphatic carbocycles. The molecule has 1 aromatic rings. The van der Waals surface area contributed by atoms with Gasteiger partial charge in [0.05, 0.1) is 7.11 Å². The molecular weight excluding hydrogens is 381 g/mol. The fourth-order valence-corrected chi connectivity index (χ4v) is 4.34. The molecule has 1 aromatic carbocycles. The van der Waals surface area contributed by atoms with Crippen LogP contribution in [-0.4, -0.2) is 68.5 Å². The smallest absolute Gasteiger partial charge is 0.305 e. The zero-order chi connectivity index (χ0) is 19.2. The number of thiocarbonyl (C=S) groups is 1. The van der Waals surface area contributed by atoms with Crippen LogP contribution in [0.4, 0.5) is 4.39 Å². The average Bonchev–Trinajstić information content (AvgIpc) is 2.65. The predicted molar refractivity (Wildman–Crippen MR) is 98.6 cm³/mol. The first-order valence-corrected chi connectivity index (χ1v) is 10.1. The van der Waals surface area contributed by atoms with Gasteiger partial charge in [-0.05, 0) is 30.8 Å². The van der Waals surface area contributed by atoms with E-state index in [0.717, 1.165) is 6.07 Å². The number of hydrogen-bond donors (Lipinski definition) is 1. The Bertz CT molecular complexity index is 750. The first kappa shape index (κ1) is 20.5. The van der Waals surface area contributed by atoms with Crippen molar-refractivity contribution in [3.63, 3.8) is 0 Å². The van der Waals surface area contributed by atoms with Crippen molar-refractivity contribution in [2.75, 3.05) is 39.8 Å². The Morgan fingerprint density at radius 2 is 1.92 bits per heavy atom. The van der Waals surface area contributed by atoms with Gasteiger partial charge in [-0.2, -0.15) is 4.31 Å². The molecule has 0 radical (unpaired) electrons. The molecule has 0 aromatic heterocycles. The minimum atomic E-state index is -3.86. The van der Waals surface area contributed by atoms with Crippen molar-refractivity contribution >= 4 is 33.3 Å². The second-order valence-electron chi connectivity index (χ2n) is 5.73. The molecular formula is C16H22FN3O4S2. The highest BCUT2D eigenvalue weighted by atomic mass is 32.2. The Morgan fingerprint density at radius 3 is 2.54 bits per heavy atom. The molecule has 0 unspecified atom stereocenters. The van der Waals surface area contributed by atoms with Gasteiger partial charge in [0, 0.05) is 39.1 Å². The van der Waals surface area contributed by atoms with Gasteiger partial charge in [0.2, 0.25) is 10.0 Å². The molecule has 0 spiro atoms. The molecule has 1 fully saturated rings. The van der Waals surface area contributed by atoms with Crippen LogP contribution in [0.2, 0.25) is 0 Å². The van der Waals surface area contributed by atoms with Crippen molar-refractivity contribution in [3.05, 3.63) is 30.1 Å². The fraction of sp³-hybridized carbons (Fsp3) is 0.500. The standard InChI is InChI=1S/C16H22FN3O4S2/c1-24-15(21)7-4-8-18-16(25)19-9-11-20(12-10-19)26(22,23)14-6-3-2-5-13(14)17/h2-3,5-6H,4,7-12H2,1H3,(H,18,25). The van der Waals surface area contributed by atoms with Crippen LogP contribution in [0.15, 0.2) is 29.2 Å². The van der Waals surface area contributed by atoms with Gasteiger partial charge in [-0.1, -0.05) is 12.1 Å². The van der Waals surface area contributed by atoms with E-state index in [2.05, 4.69) is 10.1 Å². The van der Waals surface area contributed by atoms with Crippen molar-refractivity contribution in [1.29, 1.82) is 0 Å². The van der Waals surface area contributed by atoms with E-state index < -0.39 is 15.8 Å². The maximum atomic E-state index is 13.8. The van der Waals surface area contributed by atoms with Gasteiger partial charge in [-0.15, -0.1) is 0 Å². The normalized spacial score (nSPS) is 15.5. The number of halogens is 1. The maximum absolute atomic E-state index is 13.8. The summed E-state index contributed by atoms with van der Waals surface area (Å²) in [5.74, 6) is -1.03. The first-order chi connectivity index (χ1) is 12.4. The lowest BCUT2D eigenvalue weighted by Crippen LogP contribution is -2.53. The predicted octanol–water partition coefficient (Wildman–Crippen LogP) is 0.960. The summed E-state index contributed by atoms with van der Waals surface area (Å²) in [4.78, 5) is 12.6. The van der Waals surface area contributed by atoms with Crippen LogP contribution < -0.4 is 5.32 Å². The summed E-state index contributed by atoms with van der Waals surface area (Å²) < 4.78 is 44.8. The number of hydrogen-bond acceptors (Lipinski definition) is 5. The van der Waals surface area contributed by atoms with Gasteiger partial charge >= 0.3 is 5.97 Å². The molecule has 26 heavy (non-hydrogen) atoms. The molecule has 0 bridgehead atoms. The Labute approximate surface area is 158 Å². The Balaban J connectivity index is 1.84. The SMILES string of the molecule is COC(=O)CCCNC(=S)N1CCN(S(=O)(=O)c2ccccc2F)CC1. The van der Waals surface area contributed by atoms with Crippen molar-refractivity contribution in [2.45, 2.75) is 17.7 Å². The van der Waals surface area contributed by atoms with Crippen LogP contribution in [-0.2, 0) is 19.6 Å².